The van der Waals surface area contributed by atoms with Crippen molar-refractivity contribution in [3.05, 3.63) is 101 Å². The first-order valence-corrected chi connectivity index (χ1v) is 13.1. The largest absolute Gasteiger partial charge is 0.480 e. The molecule has 3 aromatic carbocycles. The van der Waals surface area contributed by atoms with Crippen LogP contribution in [-0.4, -0.2) is 41.9 Å². The first-order chi connectivity index (χ1) is 19.2. The summed E-state index contributed by atoms with van der Waals surface area (Å²) < 4.78 is 47.3. The number of carbonyl (C=O) groups excluding carboxylic acids is 3. The van der Waals surface area contributed by atoms with Gasteiger partial charge >= 0.3 is 6.03 Å². The van der Waals surface area contributed by atoms with Crippen LogP contribution in [0.2, 0.25) is 0 Å². The molecule has 0 saturated carbocycles. The predicted molar refractivity (Wildman–Crippen MR) is 138 cm³/mol. The Morgan fingerprint density at radius 2 is 1.45 bits per heavy atom. The van der Waals surface area contributed by atoms with Crippen molar-refractivity contribution in [3.8, 4) is 5.75 Å². The molecule has 7 nitrogen and oxygen atoms in total. The fraction of sp³-hybridized carbons (Fsp3) is 0.300. The molecule has 6 rings (SSSR count). The molecule has 0 bridgehead atoms. The number of halogens is 3. The van der Waals surface area contributed by atoms with Crippen molar-refractivity contribution in [2.45, 2.75) is 36.8 Å². The molecule has 3 aliphatic rings. The fourth-order valence-corrected chi connectivity index (χ4v) is 6.22. The summed E-state index contributed by atoms with van der Waals surface area (Å²) in [4.78, 5) is 40.2. The Morgan fingerprint density at radius 1 is 0.875 bits per heavy atom. The summed E-state index contributed by atoms with van der Waals surface area (Å²) in [5, 5.41) is 4.78. The number of fused-ring (bicyclic) bond motifs is 2. The van der Waals surface area contributed by atoms with Crippen LogP contribution in [0.3, 0.4) is 0 Å². The molecule has 10 heteroatoms. The summed E-state index contributed by atoms with van der Waals surface area (Å²) in [6.07, 6.45) is 0.0149. The zero-order valence-corrected chi connectivity index (χ0v) is 21.3. The lowest BCUT2D eigenvalue weighted by molar-refractivity contribution is -0.143. The number of imide groups is 1. The zero-order chi connectivity index (χ0) is 28.0. The number of nitrogens with one attached hydrogen (secondary N) is 2. The van der Waals surface area contributed by atoms with Crippen molar-refractivity contribution in [2.75, 3.05) is 13.1 Å². The lowest BCUT2D eigenvalue weighted by Gasteiger charge is -2.41. The second-order valence-corrected chi connectivity index (χ2v) is 10.5. The summed E-state index contributed by atoms with van der Waals surface area (Å²) in [7, 11) is 0. The van der Waals surface area contributed by atoms with E-state index < -0.39 is 29.4 Å². The molecule has 40 heavy (non-hydrogen) atoms. The fourth-order valence-electron chi connectivity index (χ4n) is 6.22. The average Bonchev–Trinajstić information content (AvgIpc) is 3.23. The van der Waals surface area contributed by atoms with Gasteiger partial charge in [-0.15, -0.1) is 0 Å². The molecule has 0 aromatic heterocycles. The molecule has 2 fully saturated rings. The van der Waals surface area contributed by atoms with Gasteiger partial charge in [-0.05, 0) is 72.4 Å². The third kappa shape index (κ3) is 4.57. The number of urea groups is 1. The molecule has 1 spiro atoms. The standard InChI is InChI=1S/C30H26F3N3O4/c31-20-5-1-17(2-6-20)26(18-3-7-21(32)8-4-18)19-11-13-36(14-12-19)27(37)25-16-30(28(38)34-29(39)35-30)23-15-22(33)9-10-24(23)40-25/h1-10,15,19,25-26H,11-14,16H2,(H2,34,35,38,39)/t25-,30-/m0/s1. The maximum absolute atomic E-state index is 14.1. The molecular weight excluding hydrogens is 523 g/mol. The summed E-state index contributed by atoms with van der Waals surface area (Å²) in [6, 6.07) is 15.5. The van der Waals surface area contributed by atoms with Gasteiger partial charge in [0.2, 0.25) is 0 Å². The minimum Gasteiger partial charge on any atom is -0.480 e. The van der Waals surface area contributed by atoms with Crippen LogP contribution < -0.4 is 15.4 Å². The number of nitrogens with zero attached hydrogens (tertiary/aromatic N) is 1. The number of hydrogen-bond acceptors (Lipinski definition) is 4. The topological polar surface area (TPSA) is 87.7 Å². The Balaban J connectivity index is 1.22. The Bertz CT molecular complexity index is 1430. The van der Waals surface area contributed by atoms with Gasteiger partial charge < -0.3 is 15.0 Å². The quantitative estimate of drug-likeness (QED) is 0.474. The molecule has 2 atom stereocenters. The van der Waals surface area contributed by atoms with Gasteiger partial charge in [0, 0.05) is 31.0 Å². The van der Waals surface area contributed by atoms with E-state index in [9.17, 15) is 27.6 Å². The Hall–Kier alpha value is -4.34. The van der Waals surface area contributed by atoms with E-state index in [2.05, 4.69) is 10.6 Å². The number of amides is 4. The number of ether oxygens (including phenoxy) is 1. The van der Waals surface area contributed by atoms with Crippen LogP contribution in [0.4, 0.5) is 18.0 Å². The normalized spacial score (nSPS) is 22.6. The third-order valence-corrected chi connectivity index (χ3v) is 8.16. The molecule has 4 amide bonds. The lowest BCUT2D eigenvalue weighted by Crippen LogP contribution is -2.55. The van der Waals surface area contributed by atoms with Crippen LogP contribution in [0.1, 0.15) is 41.9 Å². The summed E-state index contributed by atoms with van der Waals surface area (Å²) in [6.45, 7) is 0.814. The number of benzene rings is 3. The maximum Gasteiger partial charge on any atom is 0.322 e. The molecule has 3 heterocycles. The van der Waals surface area contributed by atoms with Crippen molar-refractivity contribution in [1.29, 1.82) is 0 Å². The van der Waals surface area contributed by atoms with Crippen molar-refractivity contribution in [1.82, 2.24) is 15.5 Å². The van der Waals surface area contributed by atoms with Crippen molar-refractivity contribution in [2.24, 2.45) is 5.92 Å². The van der Waals surface area contributed by atoms with Gasteiger partial charge in [0.25, 0.3) is 11.8 Å². The number of likely N-dealkylation sites (tertiary alicyclic amines) is 1. The first-order valence-electron chi connectivity index (χ1n) is 13.1. The highest BCUT2D eigenvalue weighted by Gasteiger charge is 2.55. The Labute approximate surface area is 228 Å². The minimum atomic E-state index is -1.61. The number of rotatable bonds is 4. The highest BCUT2D eigenvalue weighted by Crippen LogP contribution is 2.43. The molecule has 2 N–H and O–H groups in total. The van der Waals surface area contributed by atoms with E-state index >= 15 is 0 Å². The van der Waals surface area contributed by atoms with E-state index in [-0.39, 0.29) is 47.1 Å². The number of piperidine rings is 1. The lowest BCUT2D eigenvalue weighted by atomic mass is 9.76. The molecule has 3 aliphatic heterocycles. The van der Waals surface area contributed by atoms with Crippen LogP contribution in [-0.2, 0) is 15.1 Å². The third-order valence-electron chi connectivity index (χ3n) is 8.16. The second kappa shape index (κ2) is 10.0. The van der Waals surface area contributed by atoms with Gasteiger partial charge in [-0.1, -0.05) is 24.3 Å². The number of carbonyl (C=O) groups is 3. The molecule has 0 aliphatic carbocycles. The van der Waals surface area contributed by atoms with E-state index in [1.807, 2.05) is 0 Å². The first kappa shape index (κ1) is 25.9. The Morgan fingerprint density at radius 3 is 2.00 bits per heavy atom. The van der Waals surface area contributed by atoms with E-state index in [1.54, 1.807) is 29.2 Å². The monoisotopic (exact) mass is 549 g/mol. The average molecular weight is 550 g/mol. The maximum atomic E-state index is 14.1. The molecule has 2 saturated heterocycles. The molecule has 206 valence electrons. The molecule has 3 aromatic rings. The summed E-state index contributed by atoms with van der Waals surface area (Å²) in [5.41, 5.74) is 0.367. The predicted octanol–water partition coefficient (Wildman–Crippen LogP) is 4.36. The van der Waals surface area contributed by atoms with Gasteiger partial charge in [-0.3, -0.25) is 14.9 Å². The van der Waals surface area contributed by atoms with Crippen LogP contribution in [0.25, 0.3) is 0 Å². The van der Waals surface area contributed by atoms with Gasteiger partial charge in [-0.25, -0.2) is 18.0 Å². The van der Waals surface area contributed by atoms with E-state index in [1.165, 1.54) is 36.4 Å². The molecular formula is C30H26F3N3O4. The van der Waals surface area contributed by atoms with E-state index in [0.717, 1.165) is 17.2 Å². The molecule has 0 radical (unpaired) electrons. The highest BCUT2D eigenvalue weighted by molar-refractivity contribution is 6.08. The van der Waals surface area contributed by atoms with E-state index in [4.69, 9.17) is 4.74 Å². The van der Waals surface area contributed by atoms with Crippen LogP contribution in [0, 0.1) is 23.4 Å². The van der Waals surface area contributed by atoms with Crippen molar-refractivity contribution < 1.29 is 32.3 Å². The summed E-state index contributed by atoms with van der Waals surface area (Å²) >= 11 is 0. The highest BCUT2D eigenvalue weighted by atomic mass is 19.1. The zero-order valence-electron chi connectivity index (χ0n) is 21.3. The van der Waals surface area contributed by atoms with Crippen molar-refractivity contribution in [3.63, 3.8) is 0 Å². The second-order valence-electron chi connectivity index (χ2n) is 10.5. The van der Waals surface area contributed by atoms with Gasteiger partial charge in [-0.2, -0.15) is 0 Å². The van der Waals surface area contributed by atoms with Gasteiger partial charge in [0.1, 0.15) is 23.2 Å². The Kier molecular flexibility index (Phi) is 6.48. The van der Waals surface area contributed by atoms with Crippen LogP contribution in [0.5, 0.6) is 5.75 Å². The molecule has 0 unspecified atom stereocenters. The summed E-state index contributed by atoms with van der Waals surface area (Å²) in [5.74, 6) is -2.14. The van der Waals surface area contributed by atoms with Crippen molar-refractivity contribution >= 4 is 17.8 Å². The van der Waals surface area contributed by atoms with Gasteiger partial charge in [0.05, 0.1) is 0 Å². The number of hydrogen-bond donors (Lipinski definition) is 2. The van der Waals surface area contributed by atoms with E-state index in [0.29, 0.717) is 25.9 Å². The SMILES string of the molecule is O=C1NC(=O)[C@@]2(C[C@@H](C(=O)N3CCC(C(c4ccc(F)cc4)c4ccc(F)cc4)CC3)Oc3ccc(F)cc32)N1. The minimum absolute atomic E-state index is 0.0992. The van der Waals surface area contributed by atoms with Crippen LogP contribution >= 0.6 is 0 Å². The van der Waals surface area contributed by atoms with Crippen LogP contribution in [0.15, 0.2) is 66.7 Å². The van der Waals surface area contributed by atoms with Gasteiger partial charge in [0.15, 0.2) is 11.6 Å². The smallest absolute Gasteiger partial charge is 0.322 e.